The molecule has 0 amide bonds. The molecule has 0 aliphatic carbocycles. The summed E-state index contributed by atoms with van der Waals surface area (Å²) in [6.45, 7) is 5.14. The number of piperazine rings is 3. The molecule has 3 saturated heterocycles. The third-order valence-electron chi connectivity index (χ3n) is 3.65. The number of hydrogen-bond acceptors (Lipinski definition) is 4. The molecule has 0 saturated carbocycles. The molecule has 3 fully saturated rings. The normalized spacial score (nSPS) is 32.9. The molecule has 5 heteroatoms. The highest BCUT2D eigenvalue weighted by Crippen LogP contribution is 2.18. The van der Waals surface area contributed by atoms with E-state index in [1.54, 1.807) is 16.9 Å². The predicted molar refractivity (Wildman–Crippen MR) is 59.3 cm³/mol. The van der Waals surface area contributed by atoms with Gasteiger partial charge in [0.25, 0.3) is 0 Å². The van der Waals surface area contributed by atoms with Gasteiger partial charge in [-0.25, -0.2) is 0 Å². The summed E-state index contributed by atoms with van der Waals surface area (Å²) in [4.78, 5) is 17.0. The molecule has 0 radical (unpaired) electrons. The fraction of sp³-hybridized carbons (Fsp3) is 0.636. The van der Waals surface area contributed by atoms with Gasteiger partial charge in [0, 0.05) is 46.0 Å². The first-order chi connectivity index (χ1) is 7.75. The number of carbonyl (C=O) groups is 1. The van der Waals surface area contributed by atoms with E-state index in [9.17, 15) is 4.79 Å². The van der Waals surface area contributed by atoms with Crippen molar-refractivity contribution in [1.29, 1.82) is 0 Å². The molecule has 0 spiro atoms. The van der Waals surface area contributed by atoms with Crippen molar-refractivity contribution in [3.63, 3.8) is 0 Å². The van der Waals surface area contributed by atoms with Crippen LogP contribution in [0.1, 0.15) is 10.5 Å². The Morgan fingerprint density at radius 3 is 2.62 bits per heavy atom. The molecule has 2 bridgehead atoms. The summed E-state index contributed by atoms with van der Waals surface area (Å²) in [5.74, 6) is 0.212. The smallest absolute Gasteiger partial charge is 0.199 e. The van der Waals surface area contributed by atoms with Crippen molar-refractivity contribution in [2.75, 3.05) is 32.7 Å². The van der Waals surface area contributed by atoms with E-state index in [0.29, 0.717) is 0 Å². The van der Waals surface area contributed by atoms with Crippen molar-refractivity contribution in [2.45, 2.75) is 6.04 Å². The Morgan fingerprint density at radius 1 is 1.38 bits per heavy atom. The summed E-state index contributed by atoms with van der Waals surface area (Å²) in [5, 5.41) is 4.06. The van der Waals surface area contributed by atoms with E-state index in [2.05, 4.69) is 14.9 Å². The number of rotatable bonds is 2. The second kappa shape index (κ2) is 3.68. The maximum Gasteiger partial charge on any atom is 0.199 e. The highest BCUT2D eigenvalue weighted by molar-refractivity contribution is 5.99. The number of aromatic nitrogens is 2. The number of carbonyl (C=O) groups excluding carboxylic acids is 1. The van der Waals surface area contributed by atoms with Crippen LogP contribution in [0.15, 0.2) is 12.3 Å². The van der Waals surface area contributed by atoms with E-state index in [-0.39, 0.29) is 11.8 Å². The molecule has 4 rings (SSSR count). The molecule has 86 valence electrons. The summed E-state index contributed by atoms with van der Waals surface area (Å²) in [6.07, 6.45) is 1.68. The number of Topliss-reactive ketones (excluding diaryl/α,β-unsaturated/α-hetero) is 1. The fourth-order valence-electron chi connectivity index (χ4n) is 2.65. The highest BCUT2D eigenvalue weighted by atomic mass is 16.1. The van der Waals surface area contributed by atoms with Crippen molar-refractivity contribution in [1.82, 2.24) is 19.6 Å². The van der Waals surface area contributed by atoms with Crippen LogP contribution in [0.4, 0.5) is 0 Å². The zero-order valence-corrected chi connectivity index (χ0v) is 9.46. The van der Waals surface area contributed by atoms with Crippen LogP contribution in [-0.2, 0) is 7.05 Å². The van der Waals surface area contributed by atoms with Gasteiger partial charge < -0.3 is 0 Å². The molecule has 4 heterocycles. The Labute approximate surface area is 94.6 Å². The van der Waals surface area contributed by atoms with Crippen LogP contribution in [-0.4, -0.2) is 64.1 Å². The van der Waals surface area contributed by atoms with Crippen LogP contribution in [0.5, 0.6) is 0 Å². The summed E-state index contributed by atoms with van der Waals surface area (Å²) in [5.41, 5.74) is 0.721. The minimum atomic E-state index is 0.0397. The average molecular weight is 220 g/mol. The van der Waals surface area contributed by atoms with Gasteiger partial charge in [-0.15, -0.1) is 0 Å². The quantitative estimate of drug-likeness (QED) is 0.636. The van der Waals surface area contributed by atoms with Gasteiger partial charge in [0.05, 0.1) is 6.04 Å². The molecule has 1 atom stereocenters. The van der Waals surface area contributed by atoms with Crippen LogP contribution >= 0.6 is 0 Å². The molecule has 3 aliphatic rings. The lowest BCUT2D eigenvalue weighted by atomic mass is 10.0. The zero-order valence-electron chi connectivity index (χ0n) is 9.46. The van der Waals surface area contributed by atoms with E-state index in [4.69, 9.17) is 0 Å². The molecule has 1 aromatic rings. The standard InChI is InChI=1S/C11H16N4O/c1-13-9(2-3-12-13)11(16)10-8-14-4-6-15(10)7-5-14/h2-3,10H,4-8H2,1H3. The Kier molecular flexibility index (Phi) is 2.29. The fourth-order valence-corrected chi connectivity index (χ4v) is 2.65. The molecule has 0 N–H and O–H groups in total. The van der Waals surface area contributed by atoms with Gasteiger partial charge >= 0.3 is 0 Å². The molecular weight excluding hydrogens is 204 g/mol. The lowest BCUT2D eigenvalue weighted by Gasteiger charge is -2.46. The topological polar surface area (TPSA) is 41.4 Å². The van der Waals surface area contributed by atoms with Crippen LogP contribution in [0, 0.1) is 0 Å². The van der Waals surface area contributed by atoms with Gasteiger partial charge in [0.1, 0.15) is 5.69 Å². The Balaban J connectivity index is 1.83. The minimum absolute atomic E-state index is 0.0397. The van der Waals surface area contributed by atoms with Crippen molar-refractivity contribution in [3.05, 3.63) is 18.0 Å². The monoisotopic (exact) mass is 220 g/mol. The first-order valence-electron chi connectivity index (χ1n) is 5.74. The lowest BCUT2D eigenvalue weighted by Crippen LogP contribution is -2.63. The first kappa shape index (κ1) is 9.99. The van der Waals surface area contributed by atoms with Crippen LogP contribution in [0.25, 0.3) is 0 Å². The van der Waals surface area contributed by atoms with E-state index < -0.39 is 0 Å². The largest absolute Gasteiger partial charge is 0.299 e. The summed E-state index contributed by atoms with van der Waals surface area (Å²) >= 11 is 0. The van der Waals surface area contributed by atoms with Gasteiger partial charge in [-0.2, -0.15) is 5.10 Å². The van der Waals surface area contributed by atoms with Crippen LogP contribution in [0.3, 0.4) is 0 Å². The maximum atomic E-state index is 12.3. The summed E-state index contributed by atoms with van der Waals surface area (Å²) in [7, 11) is 1.82. The minimum Gasteiger partial charge on any atom is -0.299 e. The van der Waals surface area contributed by atoms with Crippen molar-refractivity contribution >= 4 is 5.78 Å². The number of aryl methyl sites for hydroxylation is 1. The van der Waals surface area contributed by atoms with E-state index in [1.165, 1.54) is 0 Å². The third-order valence-corrected chi connectivity index (χ3v) is 3.65. The molecule has 3 aliphatic heterocycles. The summed E-state index contributed by atoms with van der Waals surface area (Å²) < 4.78 is 1.67. The highest BCUT2D eigenvalue weighted by Gasteiger charge is 2.37. The molecule has 1 aromatic heterocycles. The van der Waals surface area contributed by atoms with Crippen molar-refractivity contribution < 1.29 is 4.79 Å². The van der Waals surface area contributed by atoms with Gasteiger partial charge in [0.15, 0.2) is 5.78 Å². The second-order valence-corrected chi connectivity index (χ2v) is 4.56. The van der Waals surface area contributed by atoms with Crippen molar-refractivity contribution in [2.24, 2.45) is 7.05 Å². The van der Waals surface area contributed by atoms with Gasteiger partial charge in [-0.05, 0) is 6.07 Å². The third kappa shape index (κ3) is 1.47. The van der Waals surface area contributed by atoms with E-state index in [0.717, 1.165) is 38.4 Å². The predicted octanol–water partition coefficient (Wildman–Crippen LogP) is -0.397. The summed E-state index contributed by atoms with van der Waals surface area (Å²) in [6, 6.07) is 1.85. The molecular formula is C11H16N4O. The van der Waals surface area contributed by atoms with E-state index >= 15 is 0 Å². The van der Waals surface area contributed by atoms with E-state index in [1.807, 2.05) is 7.05 Å². The zero-order chi connectivity index (χ0) is 11.1. The van der Waals surface area contributed by atoms with Crippen molar-refractivity contribution in [3.8, 4) is 0 Å². The lowest BCUT2D eigenvalue weighted by molar-refractivity contribution is 0.0154. The maximum absolute atomic E-state index is 12.3. The number of nitrogens with zero attached hydrogens (tertiary/aromatic N) is 4. The molecule has 5 nitrogen and oxygen atoms in total. The molecule has 1 unspecified atom stereocenters. The average Bonchev–Trinajstić information content (AvgIpc) is 2.76. The first-order valence-corrected chi connectivity index (χ1v) is 5.74. The number of fused-ring (bicyclic) bond motifs is 3. The number of ketones is 1. The van der Waals surface area contributed by atoms with Gasteiger partial charge in [0.2, 0.25) is 0 Å². The van der Waals surface area contributed by atoms with Gasteiger partial charge in [-0.3, -0.25) is 19.3 Å². The Bertz CT molecular complexity index is 406. The SMILES string of the molecule is Cn1nccc1C(=O)C1CN2CCN1CC2. The Hall–Kier alpha value is -1.20. The number of hydrogen-bond donors (Lipinski definition) is 0. The van der Waals surface area contributed by atoms with Gasteiger partial charge in [-0.1, -0.05) is 0 Å². The second-order valence-electron chi connectivity index (χ2n) is 4.56. The molecule has 0 aromatic carbocycles. The Morgan fingerprint density at radius 2 is 2.12 bits per heavy atom. The molecule has 16 heavy (non-hydrogen) atoms. The van der Waals surface area contributed by atoms with Crippen LogP contribution < -0.4 is 0 Å². The van der Waals surface area contributed by atoms with Crippen LogP contribution in [0.2, 0.25) is 0 Å².